The van der Waals surface area contributed by atoms with Crippen molar-refractivity contribution in [2.45, 2.75) is 141 Å². The van der Waals surface area contributed by atoms with E-state index >= 15 is 0 Å². The van der Waals surface area contributed by atoms with E-state index in [0.717, 1.165) is 44.9 Å². The van der Waals surface area contributed by atoms with Gasteiger partial charge in [-0.2, -0.15) is 0 Å². The number of hydrogen-bond donors (Lipinski definition) is 2. The number of unbranched alkanes of at least 4 members (excludes halogenated alkanes) is 2. The molecule has 2 fully saturated rings. The molecule has 0 bridgehead atoms. The van der Waals surface area contributed by atoms with Crippen LogP contribution in [-0.4, -0.2) is 58.8 Å². The van der Waals surface area contributed by atoms with E-state index in [1.165, 1.54) is 0 Å². The highest BCUT2D eigenvalue weighted by molar-refractivity contribution is 5.77. The lowest BCUT2D eigenvalue weighted by Gasteiger charge is -2.36. The Labute approximate surface area is 205 Å². The summed E-state index contributed by atoms with van der Waals surface area (Å²) in [5.74, 6) is -1.08. The van der Waals surface area contributed by atoms with Crippen LogP contribution in [0.15, 0.2) is 0 Å². The number of epoxide rings is 2. The van der Waals surface area contributed by atoms with Gasteiger partial charge >= 0.3 is 11.9 Å². The van der Waals surface area contributed by atoms with Crippen molar-refractivity contribution in [3.05, 3.63) is 0 Å². The molecule has 0 spiro atoms. The van der Waals surface area contributed by atoms with Gasteiger partial charge in [-0.25, -0.2) is 0 Å². The quantitative estimate of drug-likeness (QED) is 0.135. The zero-order valence-corrected chi connectivity index (χ0v) is 21.9. The van der Waals surface area contributed by atoms with Crippen LogP contribution in [0, 0.1) is 5.41 Å². The van der Waals surface area contributed by atoms with Crippen molar-refractivity contribution < 1.29 is 34.0 Å². The molecule has 0 amide bonds. The summed E-state index contributed by atoms with van der Waals surface area (Å²) in [6, 6.07) is 0. The summed E-state index contributed by atoms with van der Waals surface area (Å²) in [5, 5.41) is 18.3. The fourth-order valence-electron chi connectivity index (χ4n) is 5.77. The Balaban J connectivity index is 2.30. The van der Waals surface area contributed by atoms with Gasteiger partial charge in [0.2, 0.25) is 0 Å². The Kier molecular flexibility index (Phi) is 11.3. The summed E-state index contributed by atoms with van der Waals surface area (Å²) in [5.41, 5.74) is -1.53. The Morgan fingerprint density at radius 3 is 1.88 bits per heavy atom. The van der Waals surface area contributed by atoms with Crippen LogP contribution in [0.1, 0.15) is 118 Å². The van der Waals surface area contributed by atoms with Crippen molar-refractivity contribution in [3.63, 3.8) is 0 Å². The summed E-state index contributed by atoms with van der Waals surface area (Å²) >= 11 is 0. The predicted octanol–water partition coefficient (Wildman–Crippen LogP) is 5.41. The first-order chi connectivity index (χ1) is 16.3. The Morgan fingerprint density at radius 1 is 0.882 bits per heavy atom. The van der Waals surface area contributed by atoms with Gasteiger partial charge in [0.15, 0.2) is 0 Å². The van der Waals surface area contributed by atoms with Crippen molar-refractivity contribution in [1.82, 2.24) is 0 Å². The number of aliphatic hydroxyl groups excluding tert-OH is 1. The normalized spacial score (nSPS) is 29.4. The number of carbonyl (C=O) groups is 2. The summed E-state index contributed by atoms with van der Waals surface area (Å²) in [6.07, 6.45) is 10.1. The third-order valence-electron chi connectivity index (χ3n) is 7.90. The SMILES string of the molecule is CCCC1OC1(CC)CC(CCCC(=O)O)(CC1(CC)OC1CCC)C(=O)OCCCCCO. The third-order valence-corrected chi connectivity index (χ3v) is 7.90. The van der Waals surface area contributed by atoms with E-state index in [9.17, 15) is 14.7 Å². The Morgan fingerprint density at radius 2 is 1.44 bits per heavy atom. The molecule has 0 aromatic heterocycles. The third kappa shape index (κ3) is 7.41. The summed E-state index contributed by atoms with van der Waals surface area (Å²) < 4.78 is 18.3. The highest BCUT2D eigenvalue weighted by Crippen LogP contribution is 2.58. The lowest BCUT2D eigenvalue weighted by Crippen LogP contribution is -2.42. The lowest BCUT2D eigenvalue weighted by molar-refractivity contribution is -0.160. The first-order valence-electron chi connectivity index (χ1n) is 13.6. The number of ether oxygens (including phenoxy) is 3. The number of carbonyl (C=O) groups excluding carboxylic acids is 1. The van der Waals surface area contributed by atoms with E-state index in [4.69, 9.17) is 19.3 Å². The van der Waals surface area contributed by atoms with Crippen LogP contribution >= 0.6 is 0 Å². The monoisotopic (exact) mass is 484 g/mol. The number of hydrogen-bond acceptors (Lipinski definition) is 6. The molecule has 2 aliphatic rings. The molecule has 34 heavy (non-hydrogen) atoms. The van der Waals surface area contributed by atoms with Crippen LogP contribution in [0.2, 0.25) is 0 Å². The number of carboxylic acid groups (broad SMARTS) is 1. The van der Waals surface area contributed by atoms with Crippen molar-refractivity contribution in [2.24, 2.45) is 5.41 Å². The van der Waals surface area contributed by atoms with E-state index in [1.54, 1.807) is 0 Å². The Bertz CT molecular complexity index is 621. The molecule has 7 heteroatoms. The van der Waals surface area contributed by atoms with Gasteiger partial charge < -0.3 is 24.4 Å². The zero-order valence-electron chi connectivity index (χ0n) is 21.9. The summed E-state index contributed by atoms with van der Waals surface area (Å²) in [7, 11) is 0. The Hall–Kier alpha value is -1.18. The van der Waals surface area contributed by atoms with E-state index in [-0.39, 0.29) is 42.4 Å². The molecular formula is C27H48O7. The molecule has 0 radical (unpaired) electrons. The second kappa shape index (κ2) is 13.2. The van der Waals surface area contributed by atoms with Gasteiger partial charge in [-0.3, -0.25) is 9.59 Å². The maximum absolute atomic E-state index is 13.8. The van der Waals surface area contributed by atoms with E-state index < -0.39 is 11.4 Å². The number of aliphatic hydroxyl groups is 1. The van der Waals surface area contributed by atoms with Crippen LogP contribution < -0.4 is 0 Å². The minimum Gasteiger partial charge on any atom is -0.481 e. The molecule has 2 aliphatic heterocycles. The van der Waals surface area contributed by atoms with Gasteiger partial charge in [-0.05, 0) is 70.6 Å². The van der Waals surface area contributed by atoms with Crippen LogP contribution in [-0.2, 0) is 23.8 Å². The van der Waals surface area contributed by atoms with Crippen LogP contribution in [0.4, 0.5) is 0 Å². The van der Waals surface area contributed by atoms with Crippen LogP contribution in [0.5, 0.6) is 0 Å². The zero-order chi connectivity index (χ0) is 25.2. The van der Waals surface area contributed by atoms with Crippen molar-refractivity contribution in [1.29, 1.82) is 0 Å². The van der Waals surface area contributed by atoms with Gasteiger partial charge in [0.1, 0.15) is 0 Å². The topological polar surface area (TPSA) is 109 Å². The minimum atomic E-state index is -0.847. The molecule has 7 nitrogen and oxygen atoms in total. The smallest absolute Gasteiger partial charge is 0.312 e. The number of aliphatic carboxylic acids is 1. The fourth-order valence-corrected chi connectivity index (χ4v) is 5.77. The molecule has 2 heterocycles. The second-order valence-electron chi connectivity index (χ2n) is 10.4. The molecular weight excluding hydrogens is 436 g/mol. The molecule has 4 unspecified atom stereocenters. The minimum absolute atomic E-state index is 0.0300. The van der Waals surface area contributed by atoms with Gasteiger partial charge in [0.05, 0.1) is 35.4 Å². The first kappa shape index (κ1) is 29.1. The average Bonchev–Trinajstić information content (AvgIpc) is 3.69. The number of rotatable bonds is 20. The molecule has 198 valence electrons. The standard InChI is InChI=1S/C27H48O7/c1-5-13-21-26(7-3,33-21)19-25(16-12-15-23(29)30,24(31)32-18-11-9-10-17-28)20-27(8-4)22(34-27)14-6-2/h21-22,28H,5-20H2,1-4H3,(H,29,30). The predicted molar refractivity (Wildman–Crippen MR) is 131 cm³/mol. The molecule has 2 saturated heterocycles. The maximum atomic E-state index is 13.8. The van der Waals surface area contributed by atoms with E-state index in [1.807, 2.05) is 0 Å². The molecule has 2 rings (SSSR count). The largest absolute Gasteiger partial charge is 0.481 e. The fraction of sp³-hybridized carbons (Fsp3) is 0.926. The average molecular weight is 485 g/mol. The van der Waals surface area contributed by atoms with Crippen molar-refractivity contribution >= 4 is 11.9 Å². The molecule has 4 atom stereocenters. The van der Waals surface area contributed by atoms with Crippen molar-refractivity contribution in [2.75, 3.05) is 13.2 Å². The number of carboxylic acids is 1. The number of esters is 1. The lowest BCUT2D eigenvalue weighted by atomic mass is 9.67. The van der Waals surface area contributed by atoms with Gasteiger partial charge in [0, 0.05) is 13.0 Å². The van der Waals surface area contributed by atoms with Crippen molar-refractivity contribution in [3.8, 4) is 0 Å². The van der Waals surface area contributed by atoms with Crippen LogP contribution in [0.25, 0.3) is 0 Å². The van der Waals surface area contributed by atoms with Gasteiger partial charge in [-0.15, -0.1) is 0 Å². The first-order valence-corrected chi connectivity index (χ1v) is 13.6. The van der Waals surface area contributed by atoms with E-state index in [0.29, 0.717) is 45.1 Å². The summed E-state index contributed by atoms with van der Waals surface area (Å²) in [6.45, 7) is 8.96. The molecule has 2 N–H and O–H groups in total. The molecule has 0 aromatic carbocycles. The maximum Gasteiger partial charge on any atom is 0.312 e. The second-order valence-corrected chi connectivity index (χ2v) is 10.4. The highest BCUT2D eigenvalue weighted by atomic mass is 16.6. The summed E-state index contributed by atoms with van der Waals surface area (Å²) in [4.78, 5) is 25.1. The van der Waals surface area contributed by atoms with Crippen LogP contribution in [0.3, 0.4) is 0 Å². The van der Waals surface area contributed by atoms with Gasteiger partial charge in [-0.1, -0.05) is 40.5 Å². The highest BCUT2D eigenvalue weighted by Gasteiger charge is 2.64. The van der Waals surface area contributed by atoms with E-state index in [2.05, 4.69) is 27.7 Å². The molecule has 0 aliphatic carbocycles. The van der Waals surface area contributed by atoms with Gasteiger partial charge in [0.25, 0.3) is 0 Å². The molecule has 0 saturated carbocycles. The molecule has 0 aromatic rings.